The Balaban J connectivity index is 1.42. The molecule has 0 atom stereocenters. The maximum atomic E-state index is 11.9. The van der Waals surface area contributed by atoms with Crippen LogP contribution >= 0.6 is 0 Å². The summed E-state index contributed by atoms with van der Waals surface area (Å²) in [7, 11) is 0. The summed E-state index contributed by atoms with van der Waals surface area (Å²) in [5.41, 5.74) is 0.902. The smallest absolute Gasteiger partial charge is 0.229 e. The summed E-state index contributed by atoms with van der Waals surface area (Å²) in [4.78, 5) is 42.6. The van der Waals surface area contributed by atoms with E-state index < -0.39 is 0 Å². The second-order valence-electron chi connectivity index (χ2n) is 6.09. The third-order valence-electron chi connectivity index (χ3n) is 4.35. The summed E-state index contributed by atoms with van der Waals surface area (Å²) in [6.07, 6.45) is 2.37. The van der Waals surface area contributed by atoms with Crippen molar-refractivity contribution >= 4 is 23.5 Å². The first-order chi connectivity index (χ1) is 12.1. The van der Waals surface area contributed by atoms with Gasteiger partial charge in [0.25, 0.3) is 0 Å². The molecule has 2 aliphatic heterocycles. The van der Waals surface area contributed by atoms with Gasteiger partial charge in [-0.15, -0.1) is 0 Å². The van der Waals surface area contributed by atoms with Gasteiger partial charge in [0, 0.05) is 51.6 Å². The molecule has 2 fully saturated rings. The molecule has 8 nitrogen and oxygen atoms in total. The van der Waals surface area contributed by atoms with Gasteiger partial charge in [0.2, 0.25) is 17.7 Å². The van der Waals surface area contributed by atoms with Gasteiger partial charge in [0.15, 0.2) is 0 Å². The van der Waals surface area contributed by atoms with Crippen molar-refractivity contribution in [1.82, 2.24) is 15.2 Å². The third-order valence-corrected chi connectivity index (χ3v) is 4.35. The Morgan fingerprint density at radius 2 is 1.88 bits per heavy atom. The van der Waals surface area contributed by atoms with E-state index in [1.165, 1.54) is 0 Å². The molecule has 134 valence electrons. The molecule has 1 aromatic heterocycles. The number of carbonyl (C=O) groups is 3. The first-order valence-electron chi connectivity index (χ1n) is 8.51. The second-order valence-corrected chi connectivity index (χ2v) is 6.09. The van der Waals surface area contributed by atoms with E-state index in [1.54, 1.807) is 6.20 Å². The lowest BCUT2D eigenvalue weighted by Crippen LogP contribution is -2.36. The topological polar surface area (TPSA) is 91.8 Å². The average Bonchev–Trinajstić information content (AvgIpc) is 2.97. The van der Waals surface area contributed by atoms with Gasteiger partial charge in [0.1, 0.15) is 5.82 Å². The number of rotatable bonds is 6. The van der Waals surface area contributed by atoms with Gasteiger partial charge in [-0.25, -0.2) is 4.98 Å². The van der Waals surface area contributed by atoms with Crippen molar-refractivity contribution in [1.29, 1.82) is 0 Å². The predicted octanol–water partition coefficient (Wildman–Crippen LogP) is 0.0735. The summed E-state index contributed by atoms with van der Waals surface area (Å²) in [5, 5.41) is 2.79. The predicted molar refractivity (Wildman–Crippen MR) is 89.7 cm³/mol. The van der Waals surface area contributed by atoms with E-state index in [4.69, 9.17) is 4.74 Å². The van der Waals surface area contributed by atoms with Gasteiger partial charge in [-0.05, 0) is 11.6 Å². The van der Waals surface area contributed by atoms with Crippen molar-refractivity contribution in [2.45, 2.75) is 25.8 Å². The molecule has 0 spiro atoms. The number of anilines is 1. The monoisotopic (exact) mass is 346 g/mol. The van der Waals surface area contributed by atoms with Crippen LogP contribution in [0.1, 0.15) is 24.8 Å². The van der Waals surface area contributed by atoms with E-state index in [1.807, 2.05) is 12.1 Å². The quantitative estimate of drug-likeness (QED) is 0.733. The van der Waals surface area contributed by atoms with E-state index >= 15 is 0 Å². The lowest BCUT2D eigenvalue weighted by molar-refractivity contribution is -0.138. The van der Waals surface area contributed by atoms with Crippen LogP contribution in [0.2, 0.25) is 0 Å². The first-order valence-corrected chi connectivity index (χ1v) is 8.51. The number of hydrogen-bond acceptors (Lipinski definition) is 6. The highest BCUT2D eigenvalue weighted by atomic mass is 16.5. The van der Waals surface area contributed by atoms with Crippen molar-refractivity contribution in [2.24, 2.45) is 0 Å². The number of pyridine rings is 1. The summed E-state index contributed by atoms with van der Waals surface area (Å²) in [5.74, 6) is 0.329. The third kappa shape index (κ3) is 4.54. The molecule has 0 radical (unpaired) electrons. The fourth-order valence-electron chi connectivity index (χ4n) is 2.88. The Kier molecular flexibility index (Phi) is 5.60. The molecule has 2 aliphatic rings. The summed E-state index contributed by atoms with van der Waals surface area (Å²) in [6.45, 7) is 3.60. The first kappa shape index (κ1) is 17.3. The number of morpholine rings is 1. The van der Waals surface area contributed by atoms with E-state index in [0.29, 0.717) is 19.8 Å². The summed E-state index contributed by atoms with van der Waals surface area (Å²) < 4.78 is 5.32. The molecule has 25 heavy (non-hydrogen) atoms. The highest BCUT2D eigenvalue weighted by Gasteiger charge is 2.28. The fourth-order valence-corrected chi connectivity index (χ4v) is 2.88. The van der Waals surface area contributed by atoms with E-state index in [9.17, 15) is 14.4 Å². The molecule has 0 bridgehead atoms. The van der Waals surface area contributed by atoms with Crippen LogP contribution in [0.15, 0.2) is 18.3 Å². The molecule has 1 N–H and O–H groups in total. The van der Waals surface area contributed by atoms with Crippen LogP contribution in [0.4, 0.5) is 5.82 Å². The van der Waals surface area contributed by atoms with Gasteiger partial charge in [-0.1, -0.05) is 6.07 Å². The van der Waals surface area contributed by atoms with Crippen molar-refractivity contribution in [3.8, 4) is 0 Å². The number of carbonyl (C=O) groups excluding carboxylic acids is 3. The standard InChI is InChI=1S/C17H22N4O4/c22-15(5-6-21-16(23)3-4-17(21)24)19-12-13-1-2-14(18-11-13)20-7-9-25-10-8-20/h1-2,11H,3-10,12H2,(H,19,22). The van der Waals surface area contributed by atoms with Gasteiger partial charge in [-0.2, -0.15) is 0 Å². The minimum absolute atomic E-state index is 0.122. The number of amides is 3. The number of nitrogens with one attached hydrogen (secondary N) is 1. The van der Waals surface area contributed by atoms with Crippen LogP contribution in [-0.4, -0.2) is 60.5 Å². The number of likely N-dealkylation sites (tertiary alicyclic amines) is 1. The molecule has 2 saturated heterocycles. The number of ether oxygens (including phenoxy) is 1. The lowest BCUT2D eigenvalue weighted by atomic mass is 10.2. The lowest BCUT2D eigenvalue weighted by Gasteiger charge is -2.27. The number of aromatic nitrogens is 1. The maximum absolute atomic E-state index is 11.9. The molecule has 1 aromatic rings. The minimum Gasteiger partial charge on any atom is -0.378 e. The highest BCUT2D eigenvalue weighted by molar-refractivity contribution is 6.02. The molecule has 0 unspecified atom stereocenters. The van der Waals surface area contributed by atoms with Crippen molar-refractivity contribution < 1.29 is 19.1 Å². The molecular weight excluding hydrogens is 324 g/mol. The van der Waals surface area contributed by atoms with Gasteiger partial charge in [0.05, 0.1) is 13.2 Å². The normalized spacial score (nSPS) is 17.9. The van der Waals surface area contributed by atoms with Crippen molar-refractivity contribution in [3.05, 3.63) is 23.9 Å². The SMILES string of the molecule is O=C(CCN1C(=O)CCC1=O)NCc1ccc(N2CCOCC2)nc1. The van der Waals surface area contributed by atoms with E-state index in [0.717, 1.165) is 29.4 Å². The molecule has 3 rings (SSSR count). The number of nitrogens with zero attached hydrogens (tertiary/aromatic N) is 3. The highest BCUT2D eigenvalue weighted by Crippen LogP contribution is 2.13. The van der Waals surface area contributed by atoms with Crippen molar-refractivity contribution in [2.75, 3.05) is 37.7 Å². The Hall–Kier alpha value is -2.48. The molecule has 3 amide bonds. The molecule has 0 aromatic carbocycles. The minimum atomic E-state index is -0.194. The molecule has 8 heteroatoms. The fraction of sp³-hybridized carbons (Fsp3) is 0.529. The van der Waals surface area contributed by atoms with Gasteiger partial charge in [-0.3, -0.25) is 19.3 Å². The van der Waals surface area contributed by atoms with Gasteiger partial charge < -0.3 is 15.0 Å². The summed E-state index contributed by atoms with van der Waals surface area (Å²) in [6, 6.07) is 3.87. The van der Waals surface area contributed by atoms with Gasteiger partial charge >= 0.3 is 0 Å². The Labute approximate surface area is 146 Å². The summed E-state index contributed by atoms with van der Waals surface area (Å²) >= 11 is 0. The Bertz CT molecular complexity index is 625. The van der Waals surface area contributed by atoms with Crippen LogP contribution < -0.4 is 10.2 Å². The largest absolute Gasteiger partial charge is 0.378 e. The maximum Gasteiger partial charge on any atom is 0.229 e. The van der Waals surface area contributed by atoms with E-state index in [-0.39, 0.29) is 43.5 Å². The zero-order chi connectivity index (χ0) is 17.6. The number of imide groups is 1. The molecule has 0 saturated carbocycles. The zero-order valence-electron chi connectivity index (χ0n) is 14.1. The average molecular weight is 346 g/mol. The number of hydrogen-bond donors (Lipinski definition) is 1. The Morgan fingerprint density at radius 1 is 1.16 bits per heavy atom. The van der Waals surface area contributed by atoms with E-state index in [2.05, 4.69) is 15.2 Å². The van der Waals surface area contributed by atoms with Crippen LogP contribution in [-0.2, 0) is 25.7 Å². The molecule has 0 aliphatic carbocycles. The van der Waals surface area contributed by atoms with Crippen LogP contribution in [0.25, 0.3) is 0 Å². The van der Waals surface area contributed by atoms with Crippen LogP contribution in [0.3, 0.4) is 0 Å². The van der Waals surface area contributed by atoms with Crippen LogP contribution in [0.5, 0.6) is 0 Å². The van der Waals surface area contributed by atoms with Crippen molar-refractivity contribution in [3.63, 3.8) is 0 Å². The second kappa shape index (κ2) is 8.06. The Morgan fingerprint density at radius 3 is 2.52 bits per heavy atom. The molecule has 3 heterocycles. The zero-order valence-corrected chi connectivity index (χ0v) is 14.1. The van der Waals surface area contributed by atoms with Crippen LogP contribution in [0, 0.1) is 0 Å². The molecular formula is C17H22N4O4.